The number of hydrazine groups is 1. The zero-order valence-electron chi connectivity index (χ0n) is 12.3. The minimum absolute atomic E-state index is 0.0685. The summed E-state index contributed by atoms with van der Waals surface area (Å²) in [6, 6.07) is 2.69. The Labute approximate surface area is 122 Å². The first-order valence-corrected chi connectivity index (χ1v) is 6.40. The van der Waals surface area contributed by atoms with Gasteiger partial charge in [-0.15, -0.1) is 0 Å². The van der Waals surface area contributed by atoms with Crippen LogP contribution in [0.5, 0.6) is 0 Å². The molecule has 0 atom stereocenters. The number of nitrogens with two attached hydrogens (primary N) is 1. The van der Waals surface area contributed by atoms with Gasteiger partial charge in [0, 0.05) is 24.6 Å². The molecule has 116 valence electrons. The molecule has 0 aromatic carbocycles. The van der Waals surface area contributed by atoms with Gasteiger partial charge in [0.05, 0.1) is 4.92 Å². The molecule has 5 N–H and O–H groups in total. The molecule has 0 spiro atoms. The molecule has 1 aromatic heterocycles. The molecule has 0 saturated carbocycles. The Hall–Kier alpha value is -2.42. The van der Waals surface area contributed by atoms with E-state index >= 15 is 0 Å². The van der Waals surface area contributed by atoms with Crippen LogP contribution < -0.4 is 21.9 Å². The molecule has 0 unspecified atom stereocenters. The second-order valence-electron chi connectivity index (χ2n) is 5.44. The fraction of sp³-hybridized carbons (Fsp3) is 0.500. The lowest BCUT2D eigenvalue weighted by Crippen LogP contribution is -2.41. The number of pyridine rings is 1. The molecular formula is C12H20N6O3. The Balaban J connectivity index is 2.66. The average Bonchev–Trinajstić information content (AvgIpc) is 2.36. The first-order valence-electron chi connectivity index (χ1n) is 6.40. The summed E-state index contributed by atoms with van der Waals surface area (Å²) in [7, 11) is 0. The van der Waals surface area contributed by atoms with Crippen molar-refractivity contribution in [2.45, 2.75) is 32.7 Å². The minimum Gasteiger partial charge on any atom is -0.364 e. The van der Waals surface area contributed by atoms with Gasteiger partial charge in [-0.2, -0.15) is 0 Å². The SMILES string of the molecule is CC(C)(C)NC(=O)CCNc1nc(NN)ccc1[N+](=O)[O-]. The quantitative estimate of drug-likeness (QED) is 0.349. The van der Waals surface area contributed by atoms with Crippen LogP contribution in [0.1, 0.15) is 27.2 Å². The standard InChI is InChI=1S/C12H20N6O3/c1-12(2,3)16-10(19)6-7-14-11-8(18(20)21)4-5-9(15-11)17-13/h4-5H,6-7,13H2,1-3H3,(H,16,19)(H2,14,15,17). The fourth-order valence-electron chi connectivity index (χ4n) is 1.58. The molecule has 9 nitrogen and oxygen atoms in total. The number of amides is 1. The van der Waals surface area contributed by atoms with E-state index in [2.05, 4.69) is 21.0 Å². The van der Waals surface area contributed by atoms with Crippen LogP contribution in [0, 0.1) is 10.1 Å². The third-order valence-corrected chi connectivity index (χ3v) is 2.38. The summed E-state index contributed by atoms with van der Waals surface area (Å²) in [6.45, 7) is 5.85. The van der Waals surface area contributed by atoms with E-state index in [1.807, 2.05) is 20.8 Å². The summed E-state index contributed by atoms with van der Waals surface area (Å²) in [6.07, 6.45) is 0.177. The lowest BCUT2D eigenvalue weighted by atomic mass is 10.1. The molecule has 0 aliphatic carbocycles. The predicted molar refractivity (Wildman–Crippen MR) is 79.7 cm³/mol. The van der Waals surface area contributed by atoms with E-state index in [9.17, 15) is 14.9 Å². The van der Waals surface area contributed by atoms with Gasteiger partial charge in [0.2, 0.25) is 11.7 Å². The maximum atomic E-state index is 11.7. The van der Waals surface area contributed by atoms with Gasteiger partial charge in [0.15, 0.2) is 0 Å². The molecule has 0 aliphatic heterocycles. The highest BCUT2D eigenvalue weighted by molar-refractivity contribution is 5.77. The van der Waals surface area contributed by atoms with Crippen LogP contribution in [-0.4, -0.2) is 27.9 Å². The Morgan fingerprint density at radius 1 is 1.43 bits per heavy atom. The van der Waals surface area contributed by atoms with E-state index in [-0.39, 0.29) is 35.9 Å². The van der Waals surface area contributed by atoms with Crippen LogP contribution in [0.15, 0.2) is 12.1 Å². The molecule has 0 radical (unpaired) electrons. The summed E-state index contributed by atoms with van der Waals surface area (Å²) in [5, 5.41) is 16.5. The lowest BCUT2D eigenvalue weighted by molar-refractivity contribution is -0.384. The average molecular weight is 296 g/mol. The van der Waals surface area contributed by atoms with Crippen molar-refractivity contribution in [1.82, 2.24) is 10.3 Å². The van der Waals surface area contributed by atoms with Gasteiger partial charge in [0.25, 0.3) is 0 Å². The molecule has 0 fully saturated rings. The zero-order valence-corrected chi connectivity index (χ0v) is 12.3. The topological polar surface area (TPSA) is 135 Å². The van der Waals surface area contributed by atoms with Gasteiger partial charge in [-0.05, 0) is 26.8 Å². The van der Waals surface area contributed by atoms with Crippen LogP contribution in [-0.2, 0) is 4.79 Å². The Bertz CT molecular complexity index is 526. The number of nitrogens with zero attached hydrogens (tertiary/aromatic N) is 2. The van der Waals surface area contributed by atoms with Crippen LogP contribution in [0.25, 0.3) is 0 Å². The third-order valence-electron chi connectivity index (χ3n) is 2.38. The second-order valence-corrected chi connectivity index (χ2v) is 5.44. The van der Waals surface area contributed by atoms with Crippen molar-refractivity contribution in [3.63, 3.8) is 0 Å². The number of aromatic nitrogens is 1. The molecular weight excluding hydrogens is 276 g/mol. The van der Waals surface area contributed by atoms with Gasteiger partial charge >= 0.3 is 5.69 Å². The number of hydrogen-bond acceptors (Lipinski definition) is 7. The largest absolute Gasteiger partial charge is 0.364 e. The van der Waals surface area contributed by atoms with Crippen molar-refractivity contribution in [3.05, 3.63) is 22.2 Å². The van der Waals surface area contributed by atoms with E-state index in [4.69, 9.17) is 5.84 Å². The molecule has 0 bridgehead atoms. The maximum absolute atomic E-state index is 11.7. The smallest absolute Gasteiger partial charge is 0.311 e. The predicted octanol–water partition coefficient (Wildman–Crippen LogP) is 0.992. The van der Waals surface area contributed by atoms with Crippen LogP contribution in [0.4, 0.5) is 17.3 Å². The van der Waals surface area contributed by atoms with Crippen molar-refractivity contribution in [2.75, 3.05) is 17.3 Å². The van der Waals surface area contributed by atoms with Crippen molar-refractivity contribution in [2.24, 2.45) is 5.84 Å². The van der Waals surface area contributed by atoms with Gasteiger partial charge in [-0.1, -0.05) is 0 Å². The highest BCUT2D eigenvalue weighted by Crippen LogP contribution is 2.23. The fourth-order valence-corrected chi connectivity index (χ4v) is 1.58. The van der Waals surface area contributed by atoms with Crippen molar-refractivity contribution in [3.8, 4) is 0 Å². The number of nitrogens with one attached hydrogen (secondary N) is 3. The lowest BCUT2D eigenvalue weighted by Gasteiger charge is -2.20. The Kier molecular flexibility index (Phi) is 5.42. The molecule has 1 aromatic rings. The summed E-state index contributed by atoms with van der Waals surface area (Å²) in [5.74, 6) is 5.43. The van der Waals surface area contributed by atoms with Crippen molar-refractivity contribution < 1.29 is 9.72 Å². The highest BCUT2D eigenvalue weighted by Gasteiger charge is 2.17. The molecule has 21 heavy (non-hydrogen) atoms. The number of carbonyl (C=O) groups excluding carboxylic acids is 1. The Morgan fingerprint density at radius 2 is 2.10 bits per heavy atom. The summed E-state index contributed by atoms with van der Waals surface area (Å²) in [5.41, 5.74) is 1.82. The van der Waals surface area contributed by atoms with E-state index in [0.29, 0.717) is 5.82 Å². The molecule has 1 amide bonds. The number of nitrogen functional groups attached to an aromatic ring is 1. The Morgan fingerprint density at radius 3 is 2.62 bits per heavy atom. The van der Waals surface area contributed by atoms with E-state index in [1.54, 1.807) is 0 Å². The molecule has 1 rings (SSSR count). The maximum Gasteiger partial charge on any atom is 0.311 e. The minimum atomic E-state index is -0.551. The molecule has 9 heteroatoms. The molecule has 0 aliphatic rings. The van der Waals surface area contributed by atoms with E-state index in [1.165, 1.54) is 12.1 Å². The van der Waals surface area contributed by atoms with Crippen LogP contribution in [0.3, 0.4) is 0 Å². The van der Waals surface area contributed by atoms with Crippen molar-refractivity contribution >= 4 is 23.2 Å². The third kappa shape index (κ3) is 5.61. The first kappa shape index (κ1) is 16.6. The second kappa shape index (κ2) is 6.84. The van der Waals surface area contributed by atoms with Gasteiger partial charge in [-0.25, -0.2) is 10.8 Å². The number of nitro groups is 1. The van der Waals surface area contributed by atoms with Gasteiger partial charge < -0.3 is 16.1 Å². The zero-order chi connectivity index (χ0) is 16.0. The summed E-state index contributed by atoms with van der Waals surface area (Å²) in [4.78, 5) is 26.0. The first-order chi connectivity index (χ1) is 9.73. The van der Waals surface area contributed by atoms with E-state index < -0.39 is 4.92 Å². The normalized spacial score (nSPS) is 10.9. The molecule has 1 heterocycles. The van der Waals surface area contributed by atoms with E-state index in [0.717, 1.165) is 0 Å². The van der Waals surface area contributed by atoms with Crippen molar-refractivity contribution in [1.29, 1.82) is 0 Å². The van der Waals surface area contributed by atoms with Crippen LogP contribution in [0.2, 0.25) is 0 Å². The summed E-state index contributed by atoms with van der Waals surface area (Å²) >= 11 is 0. The number of anilines is 2. The molecule has 0 saturated heterocycles. The van der Waals surface area contributed by atoms with Gasteiger partial charge in [-0.3, -0.25) is 14.9 Å². The van der Waals surface area contributed by atoms with Gasteiger partial charge in [0.1, 0.15) is 5.82 Å². The number of carbonyl (C=O) groups is 1. The summed E-state index contributed by atoms with van der Waals surface area (Å²) < 4.78 is 0. The van der Waals surface area contributed by atoms with Crippen LogP contribution >= 0.6 is 0 Å². The highest BCUT2D eigenvalue weighted by atomic mass is 16.6. The number of hydrogen-bond donors (Lipinski definition) is 4. The number of rotatable bonds is 6. The monoisotopic (exact) mass is 296 g/mol.